The van der Waals surface area contributed by atoms with Gasteiger partial charge in [0.2, 0.25) is 0 Å². The Hall–Kier alpha value is -1.03. The molecule has 0 bridgehead atoms. The van der Waals surface area contributed by atoms with E-state index in [0.29, 0.717) is 23.2 Å². The summed E-state index contributed by atoms with van der Waals surface area (Å²) in [5.41, 5.74) is 7.12. The first-order chi connectivity index (χ1) is 8.50. The van der Waals surface area contributed by atoms with Crippen molar-refractivity contribution in [1.29, 1.82) is 0 Å². The minimum atomic E-state index is 0.118. The molecule has 1 aliphatic heterocycles. The number of rotatable bonds is 2. The second-order valence-corrected chi connectivity index (χ2v) is 6.04. The normalized spacial score (nSPS) is 19.6. The summed E-state index contributed by atoms with van der Waals surface area (Å²) in [7, 11) is 0. The van der Waals surface area contributed by atoms with E-state index in [-0.39, 0.29) is 5.91 Å². The van der Waals surface area contributed by atoms with Crippen molar-refractivity contribution >= 4 is 27.5 Å². The molecule has 4 heteroatoms. The maximum Gasteiger partial charge on any atom is 0.254 e. The molecule has 1 heterocycles. The van der Waals surface area contributed by atoms with Gasteiger partial charge in [-0.2, -0.15) is 0 Å². The van der Waals surface area contributed by atoms with E-state index in [1.54, 1.807) is 12.1 Å². The molecule has 2 N–H and O–H groups in total. The van der Waals surface area contributed by atoms with Gasteiger partial charge in [-0.3, -0.25) is 4.79 Å². The molecule has 1 atom stereocenters. The van der Waals surface area contributed by atoms with E-state index < -0.39 is 0 Å². The summed E-state index contributed by atoms with van der Waals surface area (Å²) in [6.07, 6.45) is 2.21. The standard InChI is InChI=1S/C14H19BrN2O/c1-9(2)13-4-3-7-17(13)14(18)10-5-6-12(16)11(15)8-10/h5-6,8-9,13H,3-4,7,16H2,1-2H3. The third kappa shape index (κ3) is 2.53. The molecule has 1 aromatic rings. The lowest BCUT2D eigenvalue weighted by molar-refractivity contribution is 0.0701. The van der Waals surface area contributed by atoms with Crippen LogP contribution in [0, 0.1) is 5.92 Å². The number of likely N-dealkylation sites (tertiary alicyclic amines) is 1. The van der Waals surface area contributed by atoms with Crippen LogP contribution in [0.5, 0.6) is 0 Å². The summed E-state index contributed by atoms with van der Waals surface area (Å²) in [5.74, 6) is 0.626. The van der Waals surface area contributed by atoms with Crippen LogP contribution in [0.4, 0.5) is 5.69 Å². The lowest BCUT2D eigenvalue weighted by Gasteiger charge is -2.27. The smallest absolute Gasteiger partial charge is 0.254 e. The van der Waals surface area contributed by atoms with E-state index in [2.05, 4.69) is 29.8 Å². The van der Waals surface area contributed by atoms with Gasteiger partial charge in [0.05, 0.1) is 0 Å². The van der Waals surface area contributed by atoms with Crippen LogP contribution >= 0.6 is 15.9 Å². The van der Waals surface area contributed by atoms with Crippen molar-refractivity contribution in [3.63, 3.8) is 0 Å². The molecule has 1 saturated heterocycles. The molecule has 0 aromatic heterocycles. The Kier molecular flexibility index (Phi) is 3.95. The van der Waals surface area contributed by atoms with E-state index >= 15 is 0 Å². The number of hydrogen-bond acceptors (Lipinski definition) is 2. The van der Waals surface area contributed by atoms with Crippen molar-refractivity contribution in [3.8, 4) is 0 Å². The fourth-order valence-corrected chi connectivity index (χ4v) is 2.94. The minimum absolute atomic E-state index is 0.118. The van der Waals surface area contributed by atoms with E-state index in [1.807, 2.05) is 11.0 Å². The minimum Gasteiger partial charge on any atom is -0.398 e. The van der Waals surface area contributed by atoms with Crippen molar-refractivity contribution in [2.24, 2.45) is 5.92 Å². The lowest BCUT2D eigenvalue weighted by Crippen LogP contribution is -2.38. The quantitative estimate of drug-likeness (QED) is 0.852. The highest BCUT2D eigenvalue weighted by Crippen LogP contribution is 2.27. The second kappa shape index (κ2) is 5.31. The molecule has 1 aromatic carbocycles. The summed E-state index contributed by atoms with van der Waals surface area (Å²) >= 11 is 3.37. The van der Waals surface area contributed by atoms with Crippen molar-refractivity contribution in [2.45, 2.75) is 32.7 Å². The van der Waals surface area contributed by atoms with E-state index in [9.17, 15) is 4.79 Å². The first kappa shape index (κ1) is 13.4. The number of anilines is 1. The number of carbonyl (C=O) groups is 1. The number of halogens is 1. The van der Waals surface area contributed by atoms with Gasteiger partial charge < -0.3 is 10.6 Å². The zero-order chi connectivity index (χ0) is 13.3. The highest BCUT2D eigenvalue weighted by Gasteiger charge is 2.31. The van der Waals surface area contributed by atoms with Crippen LogP contribution in [0.25, 0.3) is 0 Å². The van der Waals surface area contributed by atoms with Crippen LogP contribution in [0.2, 0.25) is 0 Å². The Morgan fingerprint density at radius 1 is 1.50 bits per heavy atom. The Morgan fingerprint density at radius 3 is 2.83 bits per heavy atom. The molecule has 18 heavy (non-hydrogen) atoms. The number of nitrogen functional groups attached to an aromatic ring is 1. The highest BCUT2D eigenvalue weighted by molar-refractivity contribution is 9.10. The molecular formula is C14H19BrN2O. The van der Waals surface area contributed by atoms with Crippen molar-refractivity contribution in [1.82, 2.24) is 4.90 Å². The third-order valence-corrected chi connectivity index (χ3v) is 4.26. The molecule has 0 saturated carbocycles. The number of carbonyl (C=O) groups excluding carboxylic acids is 1. The van der Waals surface area contributed by atoms with Crippen molar-refractivity contribution in [3.05, 3.63) is 28.2 Å². The van der Waals surface area contributed by atoms with Gasteiger partial charge in [0.1, 0.15) is 0 Å². The van der Waals surface area contributed by atoms with Crippen LogP contribution in [0.1, 0.15) is 37.0 Å². The van der Waals surface area contributed by atoms with Crippen LogP contribution in [0.15, 0.2) is 22.7 Å². The second-order valence-electron chi connectivity index (χ2n) is 5.19. The Balaban J connectivity index is 2.22. The predicted octanol–water partition coefficient (Wildman–Crippen LogP) is 3.29. The van der Waals surface area contributed by atoms with E-state index in [4.69, 9.17) is 5.73 Å². The summed E-state index contributed by atoms with van der Waals surface area (Å²) in [6, 6.07) is 5.76. The van der Waals surface area contributed by atoms with Crippen LogP contribution in [0.3, 0.4) is 0 Å². The van der Waals surface area contributed by atoms with Crippen LogP contribution in [-0.2, 0) is 0 Å². The highest BCUT2D eigenvalue weighted by atomic mass is 79.9. The SMILES string of the molecule is CC(C)C1CCCN1C(=O)c1ccc(N)c(Br)c1. The molecule has 1 amide bonds. The largest absolute Gasteiger partial charge is 0.398 e. The molecule has 3 nitrogen and oxygen atoms in total. The summed E-state index contributed by atoms with van der Waals surface area (Å²) < 4.78 is 0.786. The van der Waals surface area contributed by atoms with Crippen LogP contribution in [-0.4, -0.2) is 23.4 Å². The number of nitrogens with two attached hydrogens (primary N) is 1. The average molecular weight is 311 g/mol. The van der Waals surface area contributed by atoms with Crippen molar-refractivity contribution < 1.29 is 4.79 Å². The molecular weight excluding hydrogens is 292 g/mol. The molecule has 2 rings (SSSR count). The molecule has 0 spiro atoms. The van der Waals surface area contributed by atoms with E-state index in [1.165, 1.54) is 0 Å². The topological polar surface area (TPSA) is 46.3 Å². The van der Waals surface area contributed by atoms with Gasteiger partial charge in [0.25, 0.3) is 5.91 Å². The van der Waals surface area contributed by atoms with E-state index in [0.717, 1.165) is 23.9 Å². The Labute approximate surface area is 116 Å². The zero-order valence-corrected chi connectivity index (χ0v) is 12.4. The summed E-state index contributed by atoms with van der Waals surface area (Å²) in [6.45, 7) is 5.22. The number of hydrogen-bond donors (Lipinski definition) is 1. The van der Waals surface area contributed by atoms with Gasteiger partial charge in [0, 0.05) is 28.3 Å². The summed E-state index contributed by atoms with van der Waals surface area (Å²) in [5, 5.41) is 0. The number of nitrogens with zero attached hydrogens (tertiary/aromatic N) is 1. The van der Waals surface area contributed by atoms with Gasteiger partial charge in [-0.15, -0.1) is 0 Å². The fraction of sp³-hybridized carbons (Fsp3) is 0.500. The molecule has 1 unspecified atom stereocenters. The first-order valence-corrected chi connectivity index (χ1v) is 7.16. The summed E-state index contributed by atoms with van der Waals surface area (Å²) in [4.78, 5) is 14.5. The predicted molar refractivity (Wildman–Crippen MR) is 77.5 cm³/mol. The van der Waals surface area contributed by atoms with Gasteiger partial charge >= 0.3 is 0 Å². The Morgan fingerprint density at radius 2 is 2.22 bits per heavy atom. The maximum absolute atomic E-state index is 12.5. The number of benzene rings is 1. The van der Waals surface area contributed by atoms with Crippen molar-refractivity contribution in [2.75, 3.05) is 12.3 Å². The zero-order valence-electron chi connectivity index (χ0n) is 10.8. The lowest BCUT2D eigenvalue weighted by atomic mass is 10.0. The van der Waals surface area contributed by atoms with Gasteiger partial charge in [0.15, 0.2) is 0 Å². The third-order valence-electron chi connectivity index (χ3n) is 3.58. The molecule has 0 radical (unpaired) electrons. The molecule has 0 aliphatic carbocycles. The van der Waals surface area contributed by atoms with Crippen LogP contribution < -0.4 is 5.73 Å². The molecule has 1 aliphatic rings. The maximum atomic E-state index is 12.5. The first-order valence-electron chi connectivity index (χ1n) is 6.36. The monoisotopic (exact) mass is 310 g/mol. The average Bonchev–Trinajstić information content (AvgIpc) is 2.81. The van der Waals surface area contributed by atoms with Gasteiger partial charge in [-0.05, 0) is 52.9 Å². The van der Waals surface area contributed by atoms with Gasteiger partial charge in [-0.1, -0.05) is 13.8 Å². The number of amides is 1. The molecule has 1 fully saturated rings. The fourth-order valence-electron chi connectivity index (χ4n) is 2.56. The molecule has 98 valence electrons. The Bertz CT molecular complexity index is 459. The van der Waals surface area contributed by atoms with Gasteiger partial charge in [-0.25, -0.2) is 0 Å².